The second-order valence-electron chi connectivity index (χ2n) is 4.15. The van der Waals surface area contributed by atoms with Crippen LogP contribution in [0.25, 0.3) is 0 Å². The highest BCUT2D eigenvalue weighted by atomic mass is 16.2. The predicted molar refractivity (Wildman–Crippen MR) is 54.3 cm³/mol. The fourth-order valence-electron chi connectivity index (χ4n) is 1.04. The number of hydrogen-bond donors (Lipinski definition) is 3. The molecule has 0 aromatic heterocycles. The van der Waals surface area contributed by atoms with E-state index in [-0.39, 0.29) is 18.2 Å². The van der Waals surface area contributed by atoms with Crippen molar-refractivity contribution in [2.75, 3.05) is 6.54 Å². The van der Waals surface area contributed by atoms with Gasteiger partial charge in [0.25, 0.3) is 0 Å². The fourth-order valence-corrected chi connectivity index (χ4v) is 1.04. The summed E-state index contributed by atoms with van der Waals surface area (Å²) in [6, 6.07) is 0. The zero-order valence-corrected chi connectivity index (χ0v) is 8.96. The molecule has 0 spiro atoms. The number of hydrogen-bond acceptors (Lipinski definition) is 3. The summed E-state index contributed by atoms with van der Waals surface area (Å²) in [7, 11) is 0. The van der Waals surface area contributed by atoms with Crippen LogP contribution in [0.2, 0.25) is 0 Å². The molecule has 14 heavy (non-hydrogen) atoms. The van der Waals surface area contributed by atoms with Gasteiger partial charge in [0.1, 0.15) is 0 Å². The van der Waals surface area contributed by atoms with Crippen molar-refractivity contribution in [3.63, 3.8) is 0 Å². The van der Waals surface area contributed by atoms with Gasteiger partial charge in [0.15, 0.2) is 0 Å². The van der Waals surface area contributed by atoms with E-state index in [1.807, 2.05) is 0 Å². The lowest BCUT2D eigenvalue weighted by atomic mass is 9.99. The van der Waals surface area contributed by atoms with E-state index in [1.165, 1.54) is 0 Å². The van der Waals surface area contributed by atoms with Gasteiger partial charge in [-0.3, -0.25) is 9.59 Å². The average Bonchev–Trinajstić information content (AvgIpc) is 1.99. The molecule has 82 valence electrons. The van der Waals surface area contributed by atoms with Gasteiger partial charge in [-0.05, 0) is 13.8 Å². The van der Waals surface area contributed by atoms with Crippen molar-refractivity contribution in [1.82, 2.24) is 5.32 Å². The lowest BCUT2D eigenvalue weighted by Gasteiger charge is -2.26. The van der Waals surface area contributed by atoms with Gasteiger partial charge in [-0.2, -0.15) is 0 Å². The number of carbonyl (C=O) groups is 2. The first-order valence-electron chi connectivity index (χ1n) is 4.59. The van der Waals surface area contributed by atoms with Crippen LogP contribution < -0.4 is 16.8 Å². The van der Waals surface area contributed by atoms with Gasteiger partial charge >= 0.3 is 0 Å². The second-order valence-corrected chi connectivity index (χ2v) is 4.15. The van der Waals surface area contributed by atoms with Crippen molar-refractivity contribution in [2.24, 2.45) is 17.4 Å². The van der Waals surface area contributed by atoms with Gasteiger partial charge in [0.2, 0.25) is 11.8 Å². The Morgan fingerprint density at radius 3 is 2.29 bits per heavy atom. The zero-order valence-electron chi connectivity index (χ0n) is 8.96. The maximum Gasteiger partial charge on any atom is 0.224 e. The van der Waals surface area contributed by atoms with Crippen LogP contribution in [-0.4, -0.2) is 23.9 Å². The van der Waals surface area contributed by atoms with E-state index in [0.29, 0.717) is 6.54 Å². The van der Waals surface area contributed by atoms with Crippen LogP contribution in [0.3, 0.4) is 0 Å². The number of nitrogens with two attached hydrogens (primary N) is 2. The van der Waals surface area contributed by atoms with E-state index in [1.54, 1.807) is 20.8 Å². The Labute approximate surface area is 84.2 Å². The third kappa shape index (κ3) is 4.81. The van der Waals surface area contributed by atoms with Crippen molar-refractivity contribution >= 4 is 11.8 Å². The highest BCUT2D eigenvalue weighted by Gasteiger charge is 2.24. The maximum atomic E-state index is 11.4. The van der Waals surface area contributed by atoms with Crippen molar-refractivity contribution < 1.29 is 9.59 Å². The van der Waals surface area contributed by atoms with Crippen LogP contribution in [0, 0.1) is 5.92 Å². The largest absolute Gasteiger partial charge is 0.370 e. The Kier molecular flexibility index (Phi) is 4.56. The first kappa shape index (κ1) is 12.9. The lowest BCUT2D eigenvalue weighted by molar-refractivity contribution is -0.126. The summed E-state index contributed by atoms with van der Waals surface area (Å²) in [4.78, 5) is 22.1. The lowest BCUT2D eigenvalue weighted by Crippen LogP contribution is -2.48. The smallest absolute Gasteiger partial charge is 0.224 e. The third-order valence-electron chi connectivity index (χ3n) is 1.88. The van der Waals surface area contributed by atoms with Crippen LogP contribution >= 0.6 is 0 Å². The molecule has 0 rings (SSSR count). The van der Waals surface area contributed by atoms with E-state index < -0.39 is 11.4 Å². The molecule has 5 nitrogen and oxygen atoms in total. The van der Waals surface area contributed by atoms with Crippen LogP contribution in [0.1, 0.15) is 27.2 Å². The maximum absolute atomic E-state index is 11.4. The SMILES string of the molecule is CC(CN)C(=O)NC(C)(C)CC(N)=O. The van der Waals surface area contributed by atoms with E-state index in [2.05, 4.69) is 5.32 Å². The Morgan fingerprint density at radius 1 is 1.43 bits per heavy atom. The molecular weight excluding hydrogens is 182 g/mol. The Hall–Kier alpha value is -1.10. The molecule has 0 fully saturated rings. The first-order chi connectivity index (χ1) is 6.28. The highest BCUT2D eigenvalue weighted by molar-refractivity contribution is 5.81. The van der Waals surface area contributed by atoms with Crippen LogP contribution in [0.15, 0.2) is 0 Å². The minimum Gasteiger partial charge on any atom is -0.370 e. The molecule has 0 saturated heterocycles. The van der Waals surface area contributed by atoms with Crippen molar-refractivity contribution in [3.8, 4) is 0 Å². The fraction of sp³-hybridized carbons (Fsp3) is 0.778. The van der Waals surface area contributed by atoms with E-state index >= 15 is 0 Å². The molecule has 0 aromatic carbocycles. The summed E-state index contributed by atoms with van der Waals surface area (Å²) in [6.07, 6.45) is 0.121. The number of nitrogens with one attached hydrogen (secondary N) is 1. The third-order valence-corrected chi connectivity index (χ3v) is 1.88. The predicted octanol–water partition coefficient (Wildman–Crippen LogP) is -0.649. The van der Waals surface area contributed by atoms with Gasteiger partial charge in [-0.15, -0.1) is 0 Å². The van der Waals surface area contributed by atoms with Crippen molar-refractivity contribution in [1.29, 1.82) is 0 Å². The molecule has 0 radical (unpaired) electrons. The normalized spacial score (nSPS) is 13.4. The Bertz CT molecular complexity index is 226. The monoisotopic (exact) mass is 201 g/mol. The number of rotatable bonds is 5. The number of carbonyl (C=O) groups excluding carboxylic acids is 2. The minimum absolute atomic E-state index is 0.121. The van der Waals surface area contributed by atoms with Gasteiger partial charge in [-0.1, -0.05) is 6.92 Å². The Balaban J connectivity index is 4.21. The number of amides is 2. The van der Waals surface area contributed by atoms with Crippen LogP contribution in [0.5, 0.6) is 0 Å². The summed E-state index contributed by atoms with van der Waals surface area (Å²) in [6.45, 7) is 5.52. The standard InChI is InChI=1S/C9H19N3O2/c1-6(5-10)8(14)12-9(2,3)4-7(11)13/h6H,4-5,10H2,1-3H3,(H2,11,13)(H,12,14). The van der Waals surface area contributed by atoms with E-state index in [4.69, 9.17) is 11.5 Å². The van der Waals surface area contributed by atoms with Crippen LogP contribution in [-0.2, 0) is 9.59 Å². The van der Waals surface area contributed by atoms with E-state index in [9.17, 15) is 9.59 Å². The van der Waals surface area contributed by atoms with Gasteiger partial charge < -0.3 is 16.8 Å². The molecule has 1 atom stereocenters. The molecule has 0 bridgehead atoms. The Morgan fingerprint density at radius 2 is 1.93 bits per heavy atom. The van der Waals surface area contributed by atoms with Crippen molar-refractivity contribution in [3.05, 3.63) is 0 Å². The highest BCUT2D eigenvalue weighted by Crippen LogP contribution is 2.08. The molecule has 0 aliphatic rings. The summed E-state index contributed by atoms with van der Waals surface area (Å²) in [5, 5.41) is 2.72. The van der Waals surface area contributed by atoms with Crippen LogP contribution in [0.4, 0.5) is 0 Å². The molecule has 0 heterocycles. The number of primary amides is 1. The summed E-state index contributed by atoms with van der Waals surface area (Å²) in [5.74, 6) is -0.836. The minimum atomic E-state index is -0.605. The van der Waals surface area contributed by atoms with Gasteiger partial charge in [0, 0.05) is 24.4 Å². The van der Waals surface area contributed by atoms with Crippen molar-refractivity contribution in [2.45, 2.75) is 32.7 Å². The summed E-state index contributed by atoms with van der Waals surface area (Å²) < 4.78 is 0. The summed E-state index contributed by atoms with van der Waals surface area (Å²) >= 11 is 0. The second kappa shape index (κ2) is 4.95. The van der Waals surface area contributed by atoms with E-state index in [0.717, 1.165) is 0 Å². The van der Waals surface area contributed by atoms with Gasteiger partial charge in [-0.25, -0.2) is 0 Å². The summed E-state index contributed by atoms with van der Waals surface area (Å²) in [5.41, 5.74) is 9.78. The average molecular weight is 201 g/mol. The molecule has 5 N–H and O–H groups in total. The molecule has 0 aliphatic heterocycles. The van der Waals surface area contributed by atoms with Gasteiger partial charge in [0.05, 0.1) is 0 Å². The zero-order chi connectivity index (χ0) is 11.4. The molecule has 0 saturated carbocycles. The topological polar surface area (TPSA) is 98.2 Å². The molecule has 2 amide bonds. The quantitative estimate of drug-likeness (QED) is 0.551. The molecule has 1 unspecified atom stereocenters. The molecule has 5 heteroatoms. The molecular formula is C9H19N3O2. The first-order valence-corrected chi connectivity index (χ1v) is 4.59. The molecule has 0 aliphatic carbocycles. The molecule has 0 aromatic rings.